The van der Waals surface area contributed by atoms with E-state index in [1.54, 1.807) is 11.0 Å². The van der Waals surface area contributed by atoms with Crippen molar-refractivity contribution < 1.29 is 14.3 Å². The number of amides is 2. The molecule has 2 atom stereocenters. The number of para-hydroxylation sites is 1. The maximum absolute atomic E-state index is 12.7. The van der Waals surface area contributed by atoms with E-state index in [1.165, 1.54) is 0 Å². The second-order valence-electron chi connectivity index (χ2n) is 6.17. The molecule has 0 aliphatic rings. The molecule has 5 heteroatoms. The van der Waals surface area contributed by atoms with Gasteiger partial charge < -0.3 is 14.5 Å². The molecule has 0 aliphatic heterocycles. The summed E-state index contributed by atoms with van der Waals surface area (Å²) in [5, 5.41) is 0. The van der Waals surface area contributed by atoms with E-state index in [1.807, 2.05) is 64.6 Å². The SMILES string of the molecule is CCN(CC)C(=O)Oc1ccccc1C(C)C(C)C(=O)N(CC)CC. The highest BCUT2D eigenvalue weighted by atomic mass is 16.6. The fourth-order valence-electron chi connectivity index (χ4n) is 2.90. The fourth-order valence-corrected chi connectivity index (χ4v) is 2.90. The molecular weight excluding hydrogens is 316 g/mol. The fraction of sp³-hybridized carbons (Fsp3) is 0.600. The molecule has 0 saturated carbocycles. The van der Waals surface area contributed by atoms with Crippen molar-refractivity contribution in [1.29, 1.82) is 0 Å². The minimum absolute atomic E-state index is 0.0474. The van der Waals surface area contributed by atoms with E-state index in [9.17, 15) is 9.59 Å². The number of carbonyl (C=O) groups excluding carboxylic acids is 2. The predicted octanol–water partition coefficient (Wildman–Crippen LogP) is 4.14. The van der Waals surface area contributed by atoms with Gasteiger partial charge in [-0.1, -0.05) is 32.0 Å². The van der Waals surface area contributed by atoms with Crippen molar-refractivity contribution in [2.45, 2.75) is 47.5 Å². The van der Waals surface area contributed by atoms with Crippen molar-refractivity contribution >= 4 is 12.0 Å². The van der Waals surface area contributed by atoms with Crippen LogP contribution in [0.3, 0.4) is 0 Å². The zero-order valence-corrected chi connectivity index (χ0v) is 16.4. The molecule has 0 spiro atoms. The summed E-state index contributed by atoms with van der Waals surface area (Å²) in [6, 6.07) is 7.48. The number of rotatable bonds is 8. The first-order valence-corrected chi connectivity index (χ1v) is 9.25. The molecule has 5 nitrogen and oxygen atoms in total. The third kappa shape index (κ3) is 5.21. The van der Waals surface area contributed by atoms with Gasteiger partial charge in [0.15, 0.2) is 0 Å². The first kappa shape index (κ1) is 21.0. The first-order valence-electron chi connectivity index (χ1n) is 9.25. The summed E-state index contributed by atoms with van der Waals surface area (Å²) in [6.45, 7) is 14.4. The Hall–Kier alpha value is -2.04. The van der Waals surface area contributed by atoms with E-state index in [0.29, 0.717) is 31.9 Å². The summed E-state index contributed by atoms with van der Waals surface area (Å²) < 4.78 is 5.62. The Labute approximate surface area is 151 Å². The average Bonchev–Trinajstić information content (AvgIpc) is 2.62. The minimum atomic E-state index is -0.354. The lowest BCUT2D eigenvalue weighted by molar-refractivity contribution is -0.135. The highest BCUT2D eigenvalue weighted by Gasteiger charge is 2.27. The Balaban J connectivity index is 3.01. The van der Waals surface area contributed by atoms with Gasteiger partial charge in [0.25, 0.3) is 0 Å². The number of benzene rings is 1. The Kier molecular flexibility index (Phi) is 8.46. The van der Waals surface area contributed by atoms with Crippen LogP contribution in [-0.2, 0) is 4.79 Å². The van der Waals surface area contributed by atoms with Gasteiger partial charge in [-0.25, -0.2) is 4.79 Å². The van der Waals surface area contributed by atoms with Gasteiger partial charge in [0.2, 0.25) is 5.91 Å². The van der Waals surface area contributed by atoms with E-state index in [2.05, 4.69) is 0 Å². The lowest BCUT2D eigenvalue weighted by Crippen LogP contribution is -2.37. The molecule has 2 amide bonds. The molecule has 2 unspecified atom stereocenters. The number of carbonyl (C=O) groups is 2. The van der Waals surface area contributed by atoms with E-state index in [4.69, 9.17) is 4.74 Å². The molecule has 0 aromatic heterocycles. The smallest absolute Gasteiger partial charge is 0.410 e. The molecule has 0 bridgehead atoms. The van der Waals surface area contributed by atoms with Gasteiger partial charge in [-0.3, -0.25) is 4.79 Å². The van der Waals surface area contributed by atoms with E-state index < -0.39 is 0 Å². The molecule has 140 valence electrons. The van der Waals surface area contributed by atoms with E-state index in [0.717, 1.165) is 5.56 Å². The quantitative estimate of drug-likeness (QED) is 0.709. The number of hydrogen-bond donors (Lipinski definition) is 0. The summed E-state index contributed by atoms with van der Waals surface area (Å²) in [6.07, 6.45) is -0.354. The molecule has 0 saturated heterocycles. The number of hydrogen-bond acceptors (Lipinski definition) is 3. The molecule has 1 aromatic rings. The highest BCUT2D eigenvalue weighted by Crippen LogP contribution is 2.33. The van der Waals surface area contributed by atoms with Gasteiger partial charge >= 0.3 is 6.09 Å². The molecule has 25 heavy (non-hydrogen) atoms. The van der Waals surface area contributed by atoms with Crippen molar-refractivity contribution in [3.05, 3.63) is 29.8 Å². The summed E-state index contributed by atoms with van der Waals surface area (Å²) in [4.78, 5) is 28.4. The van der Waals surface area contributed by atoms with Gasteiger partial charge in [0, 0.05) is 32.1 Å². The monoisotopic (exact) mass is 348 g/mol. The van der Waals surface area contributed by atoms with Crippen molar-refractivity contribution in [1.82, 2.24) is 9.80 Å². The molecule has 0 heterocycles. The lowest BCUT2D eigenvalue weighted by Gasteiger charge is -2.28. The van der Waals surface area contributed by atoms with Crippen LogP contribution in [-0.4, -0.2) is 48.0 Å². The van der Waals surface area contributed by atoms with Gasteiger partial charge in [-0.2, -0.15) is 0 Å². The summed E-state index contributed by atoms with van der Waals surface area (Å²) >= 11 is 0. The summed E-state index contributed by atoms with van der Waals surface area (Å²) in [5.74, 6) is 0.426. The largest absolute Gasteiger partial charge is 0.415 e. The van der Waals surface area contributed by atoms with Crippen LogP contribution in [0.25, 0.3) is 0 Å². The highest BCUT2D eigenvalue weighted by molar-refractivity contribution is 5.79. The van der Waals surface area contributed by atoms with Crippen LogP contribution in [0.4, 0.5) is 4.79 Å². The van der Waals surface area contributed by atoms with Crippen LogP contribution >= 0.6 is 0 Å². The Bertz CT molecular complexity index is 566. The Morgan fingerprint density at radius 2 is 1.44 bits per heavy atom. The van der Waals surface area contributed by atoms with Gasteiger partial charge in [-0.15, -0.1) is 0 Å². The normalized spacial score (nSPS) is 13.0. The third-order valence-electron chi connectivity index (χ3n) is 4.84. The molecule has 0 N–H and O–H groups in total. The molecule has 1 rings (SSSR count). The molecular formula is C20H32N2O3. The predicted molar refractivity (Wildman–Crippen MR) is 101 cm³/mol. The molecule has 0 radical (unpaired) electrons. The van der Waals surface area contributed by atoms with Crippen LogP contribution in [0.5, 0.6) is 5.75 Å². The van der Waals surface area contributed by atoms with Gasteiger partial charge in [0.05, 0.1) is 0 Å². The molecule has 1 aromatic carbocycles. The summed E-state index contributed by atoms with van der Waals surface area (Å²) in [5.41, 5.74) is 0.885. The summed E-state index contributed by atoms with van der Waals surface area (Å²) in [7, 11) is 0. The Morgan fingerprint density at radius 3 is 1.96 bits per heavy atom. The second kappa shape index (κ2) is 10.1. The zero-order valence-electron chi connectivity index (χ0n) is 16.4. The van der Waals surface area contributed by atoms with Crippen molar-refractivity contribution in [3.63, 3.8) is 0 Å². The second-order valence-corrected chi connectivity index (χ2v) is 6.17. The molecule has 0 aliphatic carbocycles. The van der Waals surface area contributed by atoms with Crippen LogP contribution in [0.1, 0.15) is 53.0 Å². The van der Waals surface area contributed by atoms with Crippen LogP contribution in [0, 0.1) is 5.92 Å². The Morgan fingerprint density at radius 1 is 0.920 bits per heavy atom. The van der Waals surface area contributed by atoms with Gasteiger partial charge in [0.1, 0.15) is 5.75 Å². The maximum Gasteiger partial charge on any atom is 0.415 e. The topological polar surface area (TPSA) is 49.9 Å². The number of ether oxygens (including phenoxy) is 1. The maximum atomic E-state index is 12.7. The average molecular weight is 348 g/mol. The third-order valence-corrected chi connectivity index (χ3v) is 4.84. The van der Waals surface area contributed by atoms with E-state index in [-0.39, 0.29) is 23.8 Å². The minimum Gasteiger partial charge on any atom is -0.410 e. The standard InChI is InChI=1S/C20H32N2O3/c1-7-21(8-2)19(23)16(6)15(5)17-13-11-12-14-18(17)25-20(24)22(9-3)10-4/h11-16H,7-10H2,1-6H3. The van der Waals surface area contributed by atoms with Gasteiger partial charge in [-0.05, 0) is 45.2 Å². The molecule has 0 fully saturated rings. The van der Waals surface area contributed by atoms with Crippen LogP contribution in [0.15, 0.2) is 24.3 Å². The zero-order chi connectivity index (χ0) is 19.0. The number of nitrogens with zero attached hydrogens (tertiary/aromatic N) is 2. The van der Waals surface area contributed by atoms with E-state index >= 15 is 0 Å². The first-order chi connectivity index (χ1) is 11.9. The van der Waals surface area contributed by atoms with Crippen LogP contribution < -0.4 is 4.74 Å². The van der Waals surface area contributed by atoms with Crippen molar-refractivity contribution in [2.24, 2.45) is 5.92 Å². The van der Waals surface area contributed by atoms with Crippen molar-refractivity contribution in [3.8, 4) is 5.75 Å². The lowest BCUT2D eigenvalue weighted by atomic mass is 9.87. The van der Waals surface area contributed by atoms with Crippen molar-refractivity contribution in [2.75, 3.05) is 26.2 Å². The van der Waals surface area contributed by atoms with Crippen LogP contribution in [0.2, 0.25) is 0 Å².